The van der Waals surface area contributed by atoms with E-state index < -0.39 is 31.9 Å². The number of aromatic nitrogens is 4. The zero-order valence-electron chi connectivity index (χ0n) is 27.6. The molecular weight excluding hydrogens is 591 g/mol. The summed E-state index contributed by atoms with van der Waals surface area (Å²) in [5, 5.41) is 14.4. The summed E-state index contributed by atoms with van der Waals surface area (Å²) in [4.78, 5) is 31.3. The molecule has 0 aromatic carbocycles. The molecule has 1 unspecified atom stereocenters. The van der Waals surface area contributed by atoms with Crippen LogP contribution < -0.4 is 10.6 Å². The number of halogens is 1. The third-order valence-electron chi connectivity index (χ3n) is 8.82. The van der Waals surface area contributed by atoms with Crippen LogP contribution >= 0.6 is 0 Å². The monoisotopic (exact) mass is 638 g/mol. The van der Waals surface area contributed by atoms with Crippen LogP contribution in [0.5, 0.6) is 0 Å². The Morgan fingerprint density at radius 3 is 2.42 bits per heavy atom. The molecular formula is C33H47FN6O4Si. The van der Waals surface area contributed by atoms with Gasteiger partial charge in [-0.1, -0.05) is 45.6 Å². The average molecular weight is 639 g/mol. The molecule has 3 aromatic heterocycles. The molecule has 0 radical (unpaired) electrons. The Balaban J connectivity index is 1.34. The van der Waals surface area contributed by atoms with E-state index in [1.54, 1.807) is 16.8 Å². The molecule has 2 aliphatic rings. The third-order valence-corrected chi connectivity index (χ3v) is 10.5. The Kier molecular flexibility index (Phi) is 9.93. The van der Waals surface area contributed by atoms with Crippen LogP contribution in [0.1, 0.15) is 79.8 Å². The number of nitrogens with one attached hydrogen (secondary N) is 2. The topological polar surface area (TPSA) is 124 Å². The zero-order chi connectivity index (χ0) is 32.5. The van der Waals surface area contributed by atoms with Gasteiger partial charge < -0.3 is 19.9 Å². The molecule has 2 saturated carbocycles. The maximum Gasteiger partial charge on any atom is 0.257 e. The second-order valence-corrected chi connectivity index (χ2v) is 19.7. The number of aryl methyl sites for hydroxylation is 1. The maximum absolute atomic E-state index is 15.7. The first-order chi connectivity index (χ1) is 21.4. The van der Waals surface area contributed by atoms with Crippen molar-refractivity contribution in [2.75, 3.05) is 11.9 Å². The third kappa shape index (κ3) is 7.89. The Morgan fingerprint density at radius 1 is 1.16 bits per heavy atom. The summed E-state index contributed by atoms with van der Waals surface area (Å²) in [6.07, 6.45) is 6.09. The van der Waals surface area contributed by atoms with E-state index >= 15 is 4.39 Å². The highest BCUT2D eigenvalue weighted by Gasteiger charge is 2.48. The summed E-state index contributed by atoms with van der Waals surface area (Å²) in [5.74, 6) is -0.661. The largest absolute Gasteiger partial charge is 0.364 e. The minimum atomic E-state index is -1.22. The van der Waals surface area contributed by atoms with Gasteiger partial charge in [-0.2, -0.15) is 9.49 Å². The lowest BCUT2D eigenvalue weighted by atomic mass is 9.88. The van der Waals surface area contributed by atoms with Crippen LogP contribution in [0.2, 0.25) is 25.7 Å². The molecule has 2 amide bonds. The molecule has 10 nitrogen and oxygen atoms in total. The molecule has 0 spiro atoms. The zero-order valence-corrected chi connectivity index (χ0v) is 28.6. The van der Waals surface area contributed by atoms with Gasteiger partial charge in [0, 0.05) is 31.5 Å². The van der Waals surface area contributed by atoms with Crippen LogP contribution in [-0.2, 0) is 22.7 Å². The fourth-order valence-electron chi connectivity index (χ4n) is 6.15. The molecule has 45 heavy (non-hydrogen) atoms. The normalized spacial score (nSPS) is 16.0. The van der Waals surface area contributed by atoms with E-state index in [1.807, 2.05) is 27.7 Å². The molecule has 2 N–H and O–H groups in total. The number of nitrogens with zero attached hydrogens (tertiary/aromatic N) is 4. The molecule has 3 heterocycles. The molecule has 2 fully saturated rings. The average Bonchev–Trinajstić information content (AvgIpc) is 3.90. The number of hydrogen-bond donors (Lipinski definition) is 2. The van der Waals surface area contributed by atoms with Crippen molar-refractivity contribution in [3.8, 4) is 11.1 Å². The lowest BCUT2D eigenvalue weighted by Gasteiger charge is -2.27. The van der Waals surface area contributed by atoms with E-state index in [9.17, 15) is 9.59 Å². The second kappa shape index (κ2) is 13.5. The van der Waals surface area contributed by atoms with Gasteiger partial charge in [-0.05, 0) is 80.9 Å². The summed E-state index contributed by atoms with van der Waals surface area (Å²) in [6, 6.07) is 3.51. The van der Waals surface area contributed by atoms with Gasteiger partial charge >= 0.3 is 0 Å². The molecule has 2 aliphatic carbocycles. The number of pyridine rings is 1. The number of carbonyl (C=O) groups excluding carboxylic acids is 2. The Labute approximate surface area is 265 Å². The van der Waals surface area contributed by atoms with Gasteiger partial charge in [0.2, 0.25) is 11.9 Å². The fourth-order valence-corrected chi connectivity index (χ4v) is 6.90. The van der Waals surface area contributed by atoms with Crippen LogP contribution in [0.15, 0.2) is 22.9 Å². The number of ether oxygens (including phenoxy) is 1. The van der Waals surface area contributed by atoms with Gasteiger partial charge in [0.15, 0.2) is 0 Å². The lowest BCUT2D eigenvalue weighted by molar-refractivity contribution is -0.119. The molecule has 3 aromatic rings. The van der Waals surface area contributed by atoms with Gasteiger partial charge in [-0.15, -0.1) is 0 Å². The summed E-state index contributed by atoms with van der Waals surface area (Å²) in [6.45, 7) is 15.6. The Bertz CT molecular complexity index is 1510. The number of anilines is 1. The Hall–Kier alpha value is -3.38. The van der Waals surface area contributed by atoms with E-state index in [-0.39, 0.29) is 17.7 Å². The van der Waals surface area contributed by atoms with Gasteiger partial charge in [0.1, 0.15) is 30.4 Å². The van der Waals surface area contributed by atoms with Crippen molar-refractivity contribution in [3.05, 3.63) is 47.0 Å². The van der Waals surface area contributed by atoms with Crippen molar-refractivity contribution >= 4 is 25.7 Å². The standard InChI is InChI=1S/C33H47FN6O4Si/c1-8-25-27(20(4)38-40(25)18-43-15-16-45(5,6)7)23-13-14-26(35-31(23)34)36-33(42)30(28(21-9-10-21)22-11-12-22)37-32(41)24-17-44-39-29(24)19(2)3/h13-14,17,19,21-22,28,30H,8-12,15-16,18H2,1-7H3,(H,37,41)(H,35,36,42). The van der Waals surface area contributed by atoms with Crippen LogP contribution in [0.25, 0.3) is 11.1 Å². The predicted octanol–water partition coefficient (Wildman–Crippen LogP) is 6.55. The van der Waals surface area contributed by atoms with Gasteiger partial charge in [-0.25, -0.2) is 9.67 Å². The molecule has 0 aliphatic heterocycles. The minimum absolute atomic E-state index is 0.00833. The van der Waals surface area contributed by atoms with Crippen LogP contribution in [-0.4, -0.2) is 52.5 Å². The van der Waals surface area contributed by atoms with Crippen molar-refractivity contribution in [1.29, 1.82) is 0 Å². The number of rotatable bonds is 15. The van der Waals surface area contributed by atoms with E-state index in [0.717, 1.165) is 37.4 Å². The van der Waals surface area contributed by atoms with Gasteiger partial charge in [-0.3, -0.25) is 9.59 Å². The maximum atomic E-state index is 15.7. The van der Waals surface area contributed by atoms with Gasteiger partial charge in [0.05, 0.1) is 11.4 Å². The van der Waals surface area contributed by atoms with Crippen LogP contribution in [0.4, 0.5) is 10.2 Å². The first kappa shape index (κ1) is 33.0. The predicted molar refractivity (Wildman–Crippen MR) is 173 cm³/mol. The summed E-state index contributed by atoms with van der Waals surface area (Å²) in [7, 11) is -1.22. The smallest absolute Gasteiger partial charge is 0.257 e. The number of carbonyl (C=O) groups is 2. The minimum Gasteiger partial charge on any atom is -0.364 e. The fraction of sp³-hybridized carbons (Fsp3) is 0.606. The highest BCUT2D eigenvalue weighted by molar-refractivity contribution is 6.76. The highest BCUT2D eigenvalue weighted by atomic mass is 28.3. The molecule has 0 saturated heterocycles. The van der Waals surface area contributed by atoms with Crippen LogP contribution in [0, 0.1) is 30.6 Å². The van der Waals surface area contributed by atoms with Crippen molar-refractivity contribution in [2.45, 2.75) is 104 Å². The van der Waals surface area contributed by atoms with Crippen molar-refractivity contribution in [2.24, 2.45) is 17.8 Å². The molecule has 0 bridgehead atoms. The van der Waals surface area contributed by atoms with Crippen molar-refractivity contribution in [3.63, 3.8) is 0 Å². The number of amides is 2. The molecule has 1 atom stereocenters. The lowest BCUT2D eigenvalue weighted by Crippen LogP contribution is -2.50. The summed E-state index contributed by atoms with van der Waals surface area (Å²) >= 11 is 0. The Morgan fingerprint density at radius 2 is 1.84 bits per heavy atom. The van der Waals surface area contributed by atoms with E-state index in [4.69, 9.17) is 9.26 Å². The summed E-state index contributed by atoms with van der Waals surface area (Å²) < 4.78 is 28.5. The quantitative estimate of drug-likeness (QED) is 0.110. The molecule has 12 heteroatoms. The van der Waals surface area contributed by atoms with E-state index in [2.05, 4.69) is 45.5 Å². The molecule has 5 rings (SSSR count). The van der Waals surface area contributed by atoms with Gasteiger partial charge in [0.25, 0.3) is 5.91 Å². The van der Waals surface area contributed by atoms with Crippen LogP contribution in [0.3, 0.4) is 0 Å². The highest BCUT2D eigenvalue weighted by Crippen LogP contribution is 2.51. The SMILES string of the molecule is CCc1c(-c2ccc(NC(=O)C(NC(=O)c3conc3C(C)C)C(C3CC3)C3CC3)nc2F)c(C)nn1COCC[Si](C)(C)C. The van der Waals surface area contributed by atoms with Crippen molar-refractivity contribution < 1.29 is 23.2 Å². The number of hydrogen-bond acceptors (Lipinski definition) is 7. The first-order valence-electron chi connectivity index (χ1n) is 16.2. The molecule has 244 valence electrons. The van der Waals surface area contributed by atoms with Crippen molar-refractivity contribution in [1.82, 2.24) is 25.2 Å². The first-order valence-corrected chi connectivity index (χ1v) is 20.0. The van der Waals surface area contributed by atoms with E-state index in [1.165, 1.54) is 6.26 Å². The second-order valence-electron chi connectivity index (χ2n) is 14.1. The van der Waals surface area contributed by atoms with E-state index in [0.29, 0.717) is 59.7 Å². The summed E-state index contributed by atoms with van der Waals surface area (Å²) in [5.41, 5.74) is 3.44.